The average Bonchev–Trinajstić information content (AvgIpc) is 2.37. The standard InChI is InChI=1S/C14H15NO2/c1-3-14(2,17)13(16)11-7-6-10-5-4-8-15-12(10)9-11/h4-9,17H,3H2,1-2H3. The number of aromatic nitrogens is 1. The molecule has 1 unspecified atom stereocenters. The largest absolute Gasteiger partial charge is 0.382 e. The Balaban J connectivity index is 2.47. The van der Waals surface area contributed by atoms with Crippen LogP contribution in [0.3, 0.4) is 0 Å². The van der Waals surface area contributed by atoms with E-state index < -0.39 is 5.60 Å². The number of rotatable bonds is 3. The molecule has 1 N–H and O–H groups in total. The molecule has 0 spiro atoms. The molecule has 0 aliphatic carbocycles. The van der Waals surface area contributed by atoms with Gasteiger partial charge in [-0.1, -0.05) is 25.1 Å². The number of nitrogens with zero attached hydrogens (tertiary/aromatic N) is 1. The lowest BCUT2D eigenvalue weighted by Crippen LogP contribution is -2.34. The second-order valence-corrected chi connectivity index (χ2v) is 4.37. The van der Waals surface area contributed by atoms with Gasteiger partial charge in [0.25, 0.3) is 0 Å². The molecule has 3 heteroatoms. The molecule has 1 atom stereocenters. The van der Waals surface area contributed by atoms with Gasteiger partial charge in [0.2, 0.25) is 0 Å². The van der Waals surface area contributed by atoms with Gasteiger partial charge in [-0.25, -0.2) is 0 Å². The molecule has 0 aliphatic heterocycles. The fourth-order valence-corrected chi connectivity index (χ4v) is 1.68. The molecule has 0 fully saturated rings. The van der Waals surface area contributed by atoms with Crippen molar-refractivity contribution in [2.75, 3.05) is 0 Å². The maximum Gasteiger partial charge on any atom is 0.194 e. The summed E-state index contributed by atoms with van der Waals surface area (Å²) in [5.41, 5.74) is -0.0315. The molecule has 0 bridgehead atoms. The monoisotopic (exact) mass is 229 g/mol. The first-order chi connectivity index (χ1) is 8.04. The molecule has 1 aromatic heterocycles. The molecule has 1 heterocycles. The van der Waals surface area contributed by atoms with Gasteiger partial charge in [-0.2, -0.15) is 0 Å². The minimum Gasteiger partial charge on any atom is -0.382 e. The molecule has 0 radical (unpaired) electrons. The van der Waals surface area contributed by atoms with Crippen LogP contribution in [0.2, 0.25) is 0 Å². The predicted molar refractivity (Wildman–Crippen MR) is 67.0 cm³/mol. The quantitative estimate of drug-likeness (QED) is 0.823. The zero-order chi connectivity index (χ0) is 12.5. The fourth-order valence-electron chi connectivity index (χ4n) is 1.68. The molecule has 88 valence electrons. The van der Waals surface area contributed by atoms with Gasteiger partial charge in [-0.05, 0) is 25.5 Å². The van der Waals surface area contributed by atoms with Crippen molar-refractivity contribution in [3.63, 3.8) is 0 Å². The summed E-state index contributed by atoms with van der Waals surface area (Å²) in [4.78, 5) is 16.3. The van der Waals surface area contributed by atoms with Gasteiger partial charge in [-0.15, -0.1) is 0 Å². The summed E-state index contributed by atoms with van der Waals surface area (Å²) in [5.74, 6) is -0.257. The Bertz CT molecular complexity index is 561. The van der Waals surface area contributed by atoms with Crippen LogP contribution in [0.15, 0.2) is 36.5 Å². The summed E-state index contributed by atoms with van der Waals surface area (Å²) in [6, 6.07) is 9.10. The van der Waals surface area contributed by atoms with Gasteiger partial charge in [0.1, 0.15) is 5.60 Å². The van der Waals surface area contributed by atoms with Crippen molar-refractivity contribution in [1.29, 1.82) is 0 Å². The van der Waals surface area contributed by atoms with Crippen LogP contribution >= 0.6 is 0 Å². The van der Waals surface area contributed by atoms with Crippen LogP contribution in [-0.2, 0) is 0 Å². The number of carbonyl (C=O) groups excluding carboxylic acids is 1. The molecule has 0 saturated heterocycles. The molecule has 2 aromatic rings. The van der Waals surface area contributed by atoms with E-state index in [1.807, 2.05) is 18.2 Å². The van der Waals surface area contributed by atoms with Crippen molar-refractivity contribution >= 4 is 16.7 Å². The number of Topliss-reactive ketones (excluding diaryl/α,β-unsaturated/α-hetero) is 1. The second-order valence-electron chi connectivity index (χ2n) is 4.37. The topological polar surface area (TPSA) is 50.2 Å². The number of hydrogen-bond donors (Lipinski definition) is 1. The van der Waals surface area contributed by atoms with Gasteiger partial charge < -0.3 is 5.11 Å². The Kier molecular flexibility index (Phi) is 2.94. The first kappa shape index (κ1) is 11.7. The highest BCUT2D eigenvalue weighted by atomic mass is 16.3. The fraction of sp³-hybridized carbons (Fsp3) is 0.286. The third kappa shape index (κ3) is 2.19. The Morgan fingerprint density at radius 3 is 2.88 bits per heavy atom. The highest BCUT2D eigenvalue weighted by molar-refractivity contribution is 6.04. The summed E-state index contributed by atoms with van der Waals surface area (Å²) < 4.78 is 0. The average molecular weight is 229 g/mol. The van der Waals surface area contributed by atoms with Crippen LogP contribution in [0.4, 0.5) is 0 Å². The van der Waals surface area contributed by atoms with Gasteiger partial charge in [0, 0.05) is 17.1 Å². The van der Waals surface area contributed by atoms with Crippen molar-refractivity contribution in [2.45, 2.75) is 25.9 Å². The number of carbonyl (C=O) groups is 1. The molecule has 2 rings (SSSR count). The zero-order valence-corrected chi connectivity index (χ0v) is 9.97. The van der Waals surface area contributed by atoms with Crippen molar-refractivity contribution in [3.8, 4) is 0 Å². The van der Waals surface area contributed by atoms with Crippen molar-refractivity contribution in [1.82, 2.24) is 4.98 Å². The minimum atomic E-state index is -1.30. The Morgan fingerprint density at radius 1 is 1.41 bits per heavy atom. The molecular weight excluding hydrogens is 214 g/mol. The van der Waals surface area contributed by atoms with Gasteiger partial charge >= 0.3 is 0 Å². The lowest BCUT2D eigenvalue weighted by atomic mass is 9.92. The smallest absolute Gasteiger partial charge is 0.194 e. The summed E-state index contributed by atoms with van der Waals surface area (Å²) in [6.45, 7) is 3.33. The van der Waals surface area contributed by atoms with E-state index in [1.165, 1.54) is 6.92 Å². The second kappa shape index (κ2) is 4.26. The summed E-state index contributed by atoms with van der Waals surface area (Å²) in [6.07, 6.45) is 2.08. The lowest BCUT2D eigenvalue weighted by Gasteiger charge is -2.19. The first-order valence-corrected chi connectivity index (χ1v) is 5.66. The first-order valence-electron chi connectivity index (χ1n) is 5.66. The van der Waals surface area contributed by atoms with Crippen LogP contribution < -0.4 is 0 Å². The maximum absolute atomic E-state index is 12.1. The lowest BCUT2D eigenvalue weighted by molar-refractivity contribution is 0.0391. The predicted octanol–water partition coefficient (Wildman–Crippen LogP) is 2.58. The van der Waals surface area contributed by atoms with Crippen LogP contribution in [0.25, 0.3) is 10.9 Å². The number of ketones is 1. The van der Waals surface area contributed by atoms with Gasteiger partial charge in [0.05, 0.1) is 5.52 Å². The van der Waals surface area contributed by atoms with Gasteiger partial charge in [-0.3, -0.25) is 9.78 Å². The van der Waals surface area contributed by atoms with E-state index in [4.69, 9.17) is 0 Å². The number of pyridine rings is 1. The van der Waals surface area contributed by atoms with Crippen molar-refractivity contribution in [3.05, 3.63) is 42.1 Å². The zero-order valence-electron chi connectivity index (χ0n) is 9.97. The summed E-state index contributed by atoms with van der Waals surface area (Å²) >= 11 is 0. The highest BCUT2D eigenvalue weighted by Gasteiger charge is 2.28. The molecule has 3 nitrogen and oxygen atoms in total. The van der Waals surface area contributed by atoms with Crippen LogP contribution in [0, 0.1) is 0 Å². The van der Waals surface area contributed by atoms with E-state index >= 15 is 0 Å². The Hall–Kier alpha value is -1.74. The SMILES string of the molecule is CCC(C)(O)C(=O)c1ccc2cccnc2c1. The van der Waals surface area contributed by atoms with E-state index in [-0.39, 0.29) is 5.78 Å². The molecule has 17 heavy (non-hydrogen) atoms. The maximum atomic E-state index is 12.1. The van der Waals surface area contributed by atoms with E-state index in [0.717, 1.165) is 10.9 Å². The Morgan fingerprint density at radius 2 is 2.18 bits per heavy atom. The van der Waals surface area contributed by atoms with Crippen LogP contribution in [-0.4, -0.2) is 21.5 Å². The normalized spacial score (nSPS) is 14.5. The molecule has 0 saturated carbocycles. The third-order valence-corrected chi connectivity index (χ3v) is 3.05. The van der Waals surface area contributed by atoms with Crippen molar-refractivity contribution < 1.29 is 9.90 Å². The third-order valence-electron chi connectivity index (χ3n) is 3.05. The summed E-state index contributed by atoms with van der Waals surface area (Å²) in [5, 5.41) is 10.9. The highest BCUT2D eigenvalue weighted by Crippen LogP contribution is 2.20. The molecule has 0 amide bonds. The van der Waals surface area contributed by atoms with E-state index in [1.54, 1.807) is 25.3 Å². The minimum absolute atomic E-state index is 0.257. The van der Waals surface area contributed by atoms with E-state index in [9.17, 15) is 9.90 Å². The molecular formula is C14H15NO2. The summed E-state index contributed by atoms with van der Waals surface area (Å²) in [7, 11) is 0. The van der Waals surface area contributed by atoms with Crippen LogP contribution in [0.1, 0.15) is 30.6 Å². The Labute approximate surface area is 100 Å². The van der Waals surface area contributed by atoms with E-state index in [2.05, 4.69) is 4.98 Å². The van der Waals surface area contributed by atoms with E-state index in [0.29, 0.717) is 12.0 Å². The number of benzene rings is 1. The number of aliphatic hydroxyl groups is 1. The van der Waals surface area contributed by atoms with Gasteiger partial charge in [0.15, 0.2) is 5.78 Å². The number of hydrogen-bond acceptors (Lipinski definition) is 3. The number of fused-ring (bicyclic) bond motifs is 1. The van der Waals surface area contributed by atoms with Crippen molar-refractivity contribution in [2.24, 2.45) is 0 Å². The molecule has 1 aromatic carbocycles. The molecule has 0 aliphatic rings. The van der Waals surface area contributed by atoms with Crippen LogP contribution in [0.5, 0.6) is 0 Å².